The molecule has 1 aromatic heterocycles. The van der Waals surface area contributed by atoms with Crippen LogP contribution >= 0.6 is 15.9 Å². The summed E-state index contributed by atoms with van der Waals surface area (Å²) in [5, 5.41) is 0.930. The Kier molecular flexibility index (Phi) is 3.46. The third-order valence-corrected chi connectivity index (χ3v) is 3.76. The lowest BCUT2D eigenvalue weighted by Gasteiger charge is -2.15. The number of H-pyrrole nitrogens is 1. The maximum absolute atomic E-state index is 11.6. The van der Waals surface area contributed by atoms with Crippen LogP contribution in [0, 0.1) is 5.92 Å². The Hall–Kier alpha value is -0.770. The van der Waals surface area contributed by atoms with Crippen molar-refractivity contribution in [1.29, 1.82) is 0 Å². The van der Waals surface area contributed by atoms with Crippen LogP contribution in [0.15, 0.2) is 18.5 Å². The summed E-state index contributed by atoms with van der Waals surface area (Å²) in [6, 6.07) is 2.06. The molecule has 1 saturated heterocycles. The van der Waals surface area contributed by atoms with Crippen molar-refractivity contribution >= 4 is 21.8 Å². The van der Waals surface area contributed by atoms with E-state index in [1.54, 1.807) is 0 Å². The second-order valence-electron chi connectivity index (χ2n) is 4.03. The van der Waals surface area contributed by atoms with E-state index in [0.29, 0.717) is 18.2 Å². The Labute approximate surface area is 98.0 Å². The molecule has 1 N–H and O–H groups in total. The van der Waals surface area contributed by atoms with E-state index in [0.717, 1.165) is 24.8 Å². The van der Waals surface area contributed by atoms with Crippen LogP contribution in [0.2, 0.25) is 0 Å². The number of nitrogens with zero attached hydrogens (tertiary/aromatic N) is 1. The van der Waals surface area contributed by atoms with E-state index in [-0.39, 0.29) is 0 Å². The van der Waals surface area contributed by atoms with Gasteiger partial charge in [0.05, 0.1) is 0 Å². The Morgan fingerprint density at radius 1 is 1.60 bits per heavy atom. The molecule has 0 bridgehead atoms. The van der Waals surface area contributed by atoms with Crippen LogP contribution in [-0.4, -0.2) is 34.2 Å². The first-order valence-corrected chi connectivity index (χ1v) is 6.37. The minimum Gasteiger partial charge on any atom is -0.367 e. The first-order chi connectivity index (χ1) is 7.29. The number of aromatic amines is 1. The average molecular weight is 271 g/mol. The zero-order chi connectivity index (χ0) is 10.7. The first-order valence-electron chi connectivity index (χ1n) is 5.25. The van der Waals surface area contributed by atoms with E-state index >= 15 is 0 Å². The number of likely N-dealkylation sites (tertiary alicyclic amines) is 1. The third kappa shape index (κ3) is 2.62. The second kappa shape index (κ2) is 4.84. The number of rotatable bonds is 4. The number of carbonyl (C=O) groups excluding carboxylic acids is 1. The Morgan fingerprint density at radius 2 is 2.47 bits per heavy atom. The van der Waals surface area contributed by atoms with Gasteiger partial charge in [-0.25, -0.2) is 0 Å². The third-order valence-electron chi connectivity index (χ3n) is 2.85. The van der Waals surface area contributed by atoms with Gasteiger partial charge < -0.3 is 9.88 Å². The average Bonchev–Trinajstić information content (AvgIpc) is 2.84. The standard InChI is InChI=1S/C11H15BrN2O/c12-6-10-5-11(15)14(8-10)4-2-9-1-3-13-7-9/h1,3,7,10,13H,2,4-6,8H2. The van der Waals surface area contributed by atoms with Crippen molar-refractivity contribution in [3.63, 3.8) is 0 Å². The van der Waals surface area contributed by atoms with Crippen LogP contribution in [0.5, 0.6) is 0 Å². The lowest BCUT2D eigenvalue weighted by molar-refractivity contribution is -0.127. The van der Waals surface area contributed by atoms with Gasteiger partial charge in [0, 0.05) is 37.2 Å². The molecule has 15 heavy (non-hydrogen) atoms. The number of amides is 1. The lowest BCUT2D eigenvalue weighted by atomic mass is 10.2. The summed E-state index contributed by atoms with van der Waals surface area (Å²) in [6.45, 7) is 1.76. The minimum atomic E-state index is 0.301. The minimum absolute atomic E-state index is 0.301. The van der Waals surface area contributed by atoms with E-state index < -0.39 is 0 Å². The molecule has 0 aromatic carbocycles. The van der Waals surface area contributed by atoms with E-state index in [1.165, 1.54) is 5.56 Å². The van der Waals surface area contributed by atoms with Crippen molar-refractivity contribution in [3.8, 4) is 0 Å². The number of aromatic nitrogens is 1. The largest absolute Gasteiger partial charge is 0.367 e. The van der Waals surface area contributed by atoms with Crippen molar-refractivity contribution in [1.82, 2.24) is 9.88 Å². The lowest BCUT2D eigenvalue weighted by Crippen LogP contribution is -2.27. The molecule has 0 aliphatic carbocycles. The normalized spacial score (nSPS) is 21.3. The molecule has 1 aliphatic heterocycles. The molecule has 1 amide bonds. The molecule has 3 nitrogen and oxygen atoms in total. The topological polar surface area (TPSA) is 36.1 Å². The predicted octanol–water partition coefficient (Wildman–Crippen LogP) is 1.80. The number of nitrogens with one attached hydrogen (secondary N) is 1. The Balaban J connectivity index is 1.83. The summed E-state index contributed by atoms with van der Waals surface area (Å²) in [5.41, 5.74) is 1.27. The highest BCUT2D eigenvalue weighted by atomic mass is 79.9. The van der Waals surface area contributed by atoms with Crippen LogP contribution in [0.3, 0.4) is 0 Å². The van der Waals surface area contributed by atoms with Crippen LogP contribution in [0.4, 0.5) is 0 Å². The zero-order valence-electron chi connectivity index (χ0n) is 8.58. The van der Waals surface area contributed by atoms with Gasteiger partial charge in [0.1, 0.15) is 0 Å². The molecule has 4 heteroatoms. The Bertz CT molecular complexity index is 323. The van der Waals surface area contributed by atoms with Gasteiger partial charge in [0.15, 0.2) is 0 Å². The highest BCUT2D eigenvalue weighted by Gasteiger charge is 2.28. The van der Waals surface area contributed by atoms with Gasteiger partial charge in [-0.3, -0.25) is 4.79 Å². The van der Waals surface area contributed by atoms with Crippen LogP contribution in [0.1, 0.15) is 12.0 Å². The molecule has 0 spiro atoms. The number of halogens is 1. The summed E-state index contributed by atoms with van der Waals surface area (Å²) >= 11 is 3.44. The van der Waals surface area contributed by atoms with E-state index in [2.05, 4.69) is 27.0 Å². The highest BCUT2D eigenvalue weighted by molar-refractivity contribution is 9.09. The molecule has 0 radical (unpaired) electrons. The van der Waals surface area contributed by atoms with Gasteiger partial charge in [-0.15, -0.1) is 0 Å². The number of alkyl halides is 1. The van der Waals surface area contributed by atoms with E-state index in [9.17, 15) is 4.79 Å². The smallest absolute Gasteiger partial charge is 0.222 e. The molecular formula is C11H15BrN2O. The fraction of sp³-hybridized carbons (Fsp3) is 0.545. The van der Waals surface area contributed by atoms with E-state index in [1.807, 2.05) is 17.3 Å². The van der Waals surface area contributed by atoms with Gasteiger partial charge in [-0.2, -0.15) is 0 Å². The number of hydrogen-bond donors (Lipinski definition) is 1. The van der Waals surface area contributed by atoms with Crippen molar-refractivity contribution in [2.75, 3.05) is 18.4 Å². The molecule has 1 unspecified atom stereocenters. The van der Waals surface area contributed by atoms with Gasteiger partial charge in [-0.1, -0.05) is 15.9 Å². The molecule has 1 fully saturated rings. The van der Waals surface area contributed by atoms with E-state index in [4.69, 9.17) is 0 Å². The molecule has 2 rings (SSSR count). The van der Waals surface area contributed by atoms with Gasteiger partial charge in [-0.05, 0) is 24.0 Å². The summed E-state index contributed by atoms with van der Waals surface area (Å²) < 4.78 is 0. The van der Waals surface area contributed by atoms with Crippen molar-refractivity contribution in [3.05, 3.63) is 24.0 Å². The molecule has 82 valence electrons. The SMILES string of the molecule is O=C1CC(CBr)CN1CCc1cc[nH]c1. The zero-order valence-corrected chi connectivity index (χ0v) is 10.2. The summed E-state index contributed by atoms with van der Waals surface area (Å²) in [6.07, 6.45) is 5.56. The fourth-order valence-electron chi connectivity index (χ4n) is 1.95. The summed E-state index contributed by atoms with van der Waals surface area (Å²) in [5.74, 6) is 0.804. The predicted molar refractivity (Wildman–Crippen MR) is 63.0 cm³/mol. The number of hydrogen-bond acceptors (Lipinski definition) is 1. The number of carbonyl (C=O) groups is 1. The summed E-state index contributed by atoms with van der Waals surface area (Å²) in [4.78, 5) is 16.6. The van der Waals surface area contributed by atoms with Gasteiger partial charge >= 0.3 is 0 Å². The van der Waals surface area contributed by atoms with Crippen molar-refractivity contribution in [2.24, 2.45) is 5.92 Å². The van der Waals surface area contributed by atoms with Crippen molar-refractivity contribution < 1.29 is 4.79 Å². The monoisotopic (exact) mass is 270 g/mol. The molecular weight excluding hydrogens is 256 g/mol. The maximum Gasteiger partial charge on any atom is 0.222 e. The Morgan fingerprint density at radius 3 is 3.07 bits per heavy atom. The summed E-state index contributed by atoms with van der Waals surface area (Å²) in [7, 11) is 0. The van der Waals surface area contributed by atoms with Crippen LogP contribution < -0.4 is 0 Å². The molecule has 0 saturated carbocycles. The van der Waals surface area contributed by atoms with Crippen LogP contribution in [0.25, 0.3) is 0 Å². The van der Waals surface area contributed by atoms with Crippen LogP contribution in [-0.2, 0) is 11.2 Å². The second-order valence-corrected chi connectivity index (χ2v) is 4.68. The molecule has 1 aromatic rings. The molecule has 1 aliphatic rings. The molecule has 1 atom stereocenters. The molecule has 2 heterocycles. The maximum atomic E-state index is 11.6. The van der Waals surface area contributed by atoms with Gasteiger partial charge in [0.25, 0.3) is 0 Å². The van der Waals surface area contributed by atoms with Gasteiger partial charge in [0.2, 0.25) is 5.91 Å². The fourth-order valence-corrected chi connectivity index (χ4v) is 2.39. The quantitative estimate of drug-likeness (QED) is 0.833. The first kappa shape index (κ1) is 10.7. The van der Waals surface area contributed by atoms with Crippen molar-refractivity contribution in [2.45, 2.75) is 12.8 Å². The highest BCUT2D eigenvalue weighted by Crippen LogP contribution is 2.19.